The molecule has 0 spiro atoms. The molecule has 1 fully saturated rings. The second kappa shape index (κ2) is 7.43. The van der Waals surface area contributed by atoms with Gasteiger partial charge in [0.15, 0.2) is 0 Å². The minimum Gasteiger partial charge on any atom is -0.392 e. The number of nitrogens with zero attached hydrogens (tertiary/aromatic N) is 1. The van der Waals surface area contributed by atoms with Crippen molar-refractivity contribution in [3.63, 3.8) is 0 Å². The molecule has 4 heteroatoms. The Labute approximate surface area is 135 Å². The van der Waals surface area contributed by atoms with E-state index >= 15 is 0 Å². The first-order chi connectivity index (χ1) is 10.4. The van der Waals surface area contributed by atoms with Crippen molar-refractivity contribution in [1.82, 2.24) is 10.2 Å². The zero-order valence-corrected chi connectivity index (χ0v) is 15.2. The van der Waals surface area contributed by atoms with Crippen molar-refractivity contribution >= 4 is 8.07 Å². The van der Waals surface area contributed by atoms with Crippen molar-refractivity contribution in [1.29, 1.82) is 0 Å². The van der Waals surface area contributed by atoms with Gasteiger partial charge in [-0.3, -0.25) is 4.90 Å². The van der Waals surface area contributed by atoms with Crippen molar-refractivity contribution in [2.75, 3.05) is 26.7 Å². The number of benzene rings is 1. The zero-order chi connectivity index (χ0) is 16.2. The molecule has 2 rings (SSSR count). The molecule has 2 atom stereocenters. The molecule has 1 aromatic rings. The van der Waals surface area contributed by atoms with E-state index in [1.165, 1.54) is 5.56 Å². The highest BCUT2D eigenvalue weighted by Crippen LogP contribution is 2.18. The highest BCUT2D eigenvalue weighted by atomic mass is 28.3. The van der Waals surface area contributed by atoms with Crippen LogP contribution in [0.1, 0.15) is 23.6 Å². The highest BCUT2D eigenvalue weighted by Gasteiger charge is 2.23. The minimum absolute atomic E-state index is 0.161. The molecule has 120 valence electrons. The molecule has 0 aromatic heterocycles. The van der Waals surface area contributed by atoms with Crippen LogP contribution in [0.2, 0.25) is 19.6 Å². The van der Waals surface area contributed by atoms with Crippen molar-refractivity contribution in [3.8, 4) is 11.5 Å². The molecule has 0 aliphatic carbocycles. The maximum Gasteiger partial charge on any atom is 0.129 e. The smallest absolute Gasteiger partial charge is 0.129 e. The van der Waals surface area contributed by atoms with Gasteiger partial charge >= 0.3 is 0 Å². The third-order valence-corrected chi connectivity index (χ3v) is 4.78. The van der Waals surface area contributed by atoms with Crippen molar-refractivity contribution < 1.29 is 5.11 Å². The quantitative estimate of drug-likeness (QED) is 0.660. The number of β-amino-alcohol motifs (C(OH)–C–C–N with tert-alkyl or cyclic N) is 1. The van der Waals surface area contributed by atoms with Crippen LogP contribution >= 0.6 is 0 Å². The van der Waals surface area contributed by atoms with E-state index in [2.05, 4.69) is 65.6 Å². The van der Waals surface area contributed by atoms with E-state index in [1.54, 1.807) is 0 Å². The molecule has 0 bridgehead atoms. The third kappa shape index (κ3) is 5.26. The number of aliphatic hydroxyl groups excluding tert-OH is 1. The van der Waals surface area contributed by atoms with Crippen LogP contribution in [0.4, 0.5) is 0 Å². The predicted molar refractivity (Wildman–Crippen MR) is 95.5 cm³/mol. The summed E-state index contributed by atoms with van der Waals surface area (Å²) in [5.41, 5.74) is 5.79. The summed E-state index contributed by atoms with van der Waals surface area (Å²) in [5, 5.41) is 13.1. The van der Waals surface area contributed by atoms with Gasteiger partial charge in [-0.25, -0.2) is 0 Å². The SMILES string of the molecule is CN[C@H](CN1CC[C@H](O)C1)c1cccc(C#C[Si](C)(C)C)c1. The first-order valence-electron chi connectivity index (χ1n) is 8.08. The van der Waals surface area contributed by atoms with Gasteiger partial charge in [0.1, 0.15) is 8.07 Å². The molecule has 22 heavy (non-hydrogen) atoms. The largest absolute Gasteiger partial charge is 0.392 e. The van der Waals surface area contributed by atoms with Crippen molar-refractivity contribution in [2.24, 2.45) is 0 Å². The molecule has 0 unspecified atom stereocenters. The Morgan fingerprint density at radius 1 is 1.41 bits per heavy atom. The maximum absolute atomic E-state index is 9.67. The van der Waals surface area contributed by atoms with Gasteiger partial charge in [-0.05, 0) is 31.2 Å². The van der Waals surface area contributed by atoms with Crippen molar-refractivity contribution in [3.05, 3.63) is 35.4 Å². The lowest BCUT2D eigenvalue weighted by Crippen LogP contribution is -2.33. The van der Waals surface area contributed by atoms with E-state index in [0.29, 0.717) is 0 Å². The second-order valence-electron chi connectivity index (χ2n) is 7.17. The number of likely N-dealkylation sites (tertiary alicyclic amines) is 1. The third-order valence-electron chi connectivity index (χ3n) is 3.91. The Bertz CT molecular complexity index is 556. The van der Waals surface area contributed by atoms with E-state index < -0.39 is 8.07 Å². The molecule has 0 saturated carbocycles. The summed E-state index contributed by atoms with van der Waals surface area (Å²) in [6.07, 6.45) is 0.726. The van der Waals surface area contributed by atoms with Crippen LogP contribution in [-0.2, 0) is 0 Å². The summed E-state index contributed by atoms with van der Waals surface area (Å²) >= 11 is 0. The van der Waals surface area contributed by atoms with Gasteiger partial charge in [0.25, 0.3) is 0 Å². The Balaban J connectivity index is 2.10. The van der Waals surface area contributed by atoms with E-state index in [1.807, 2.05) is 7.05 Å². The Morgan fingerprint density at radius 2 is 2.18 bits per heavy atom. The first-order valence-corrected chi connectivity index (χ1v) is 11.6. The normalized spacial score (nSPS) is 20.5. The number of nitrogens with one attached hydrogen (secondary N) is 1. The minimum atomic E-state index is -1.34. The number of hydrogen-bond acceptors (Lipinski definition) is 3. The zero-order valence-electron chi connectivity index (χ0n) is 14.2. The Hall–Kier alpha value is -1.12. The molecule has 0 radical (unpaired) electrons. The van der Waals surface area contributed by atoms with Gasteiger partial charge < -0.3 is 10.4 Å². The van der Waals surface area contributed by atoms with Crippen LogP contribution in [0.25, 0.3) is 0 Å². The topological polar surface area (TPSA) is 35.5 Å². The lowest BCUT2D eigenvalue weighted by atomic mass is 10.0. The van der Waals surface area contributed by atoms with E-state index in [-0.39, 0.29) is 12.1 Å². The van der Waals surface area contributed by atoms with Crippen LogP contribution in [0.15, 0.2) is 24.3 Å². The second-order valence-corrected chi connectivity index (χ2v) is 11.9. The van der Waals surface area contributed by atoms with Crippen LogP contribution in [-0.4, -0.2) is 50.9 Å². The summed E-state index contributed by atoms with van der Waals surface area (Å²) in [7, 11) is 0.655. The molecule has 1 aliphatic heterocycles. The van der Waals surface area contributed by atoms with Crippen molar-refractivity contribution in [2.45, 2.75) is 38.2 Å². The first kappa shape index (κ1) is 17.2. The van der Waals surface area contributed by atoms with Gasteiger partial charge in [0.2, 0.25) is 0 Å². The standard InChI is InChI=1S/C18H28N2OSi/c1-19-18(14-20-10-8-17(21)13-20)16-7-5-6-15(12-16)9-11-22(2,3)4/h5-7,12,17-19,21H,8,10,13-14H2,1-4H3/t17-,18+/m0/s1. The molecular weight excluding hydrogens is 288 g/mol. The van der Waals surface area contributed by atoms with E-state index in [0.717, 1.165) is 31.6 Å². The van der Waals surface area contributed by atoms with Crippen LogP contribution in [0.3, 0.4) is 0 Å². The fourth-order valence-electron chi connectivity index (χ4n) is 2.69. The average Bonchev–Trinajstić information content (AvgIpc) is 2.87. The van der Waals surface area contributed by atoms with E-state index in [9.17, 15) is 5.11 Å². The summed E-state index contributed by atoms with van der Waals surface area (Å²) in [4.78, 5) is 2.33. The Kier molecular flexibility index (Phi) is 5.82. The molecule has 1 aromatic carbocycles. The van der Waals surface area contributed by atoms with Gasteiger partial charge in [-0.2, -0.15) is 0 Å². The molecule has 2 N–H and O–H groups in total. The molecule has 1 heterocycles. The lowest BCUT2D eigenvalue weighted by Gasteiger charge is -2.23. The summed E-state index contributed by atoms with van der Waals surface area (Å²) in [6, 6.07) is 8.81. The van der Waals surface area contributed by atoms with Gasteiger partial charge in [-0.1, -0.05) is 37.7 Å². The number of hydrogen-bond donors (Lipinski definition) is 2. The predicted octanol–water partition coefficient (Wildman–Crippen LogP) is 2.24. The van der Waals surface area contributed by atoms with Gasteiger partial charge in [0, 0.05) is 31.2 Å². The molecule has 0 amide bonds. The molecule has 1 aliphatic rings. The number of likely N-dealkylation sites (N-methyl/N-ethyl adjacent to an activating group) is 1. The monoisotopic (exact) mass is 316 g/mol. The Morgan fingerprint density at radius 3 is 2.77 bits per heavy atom. The number of aliphatic hydroxyl groups is 1. The van der Waals surface area contributed by atoms with Gasteiger partial charge in [-0.15, -0.1) is 5.54 Å². The van der Waals surface area contributed by atoms with E-state index in [4.69, 9.17) is 0 Å². The van der Waals surface area contributed by atoms with Gasteiger partial charge in [0.05, 0.1) is 6.10 Å². The van der Waals surface area contributed by atoms with Crippen LogP contribution in [0, 0.1) is 11.5 Å². The molecular formula is C18H28N2OSi. The van der Waals surface area contributed by atoms with Crippen LogP contribution in [0.5, 0.6) is 0 Å². The molecule has 1 saturated heterocycles. The lowest BCUT2D eigenvalue weighted by molar-refractivity contribution is 0.173. The summed E-state index contributed by atoms with van der Waals surface area (Å²) in [5.74, 6) is 3.33. The molecule has 3 nitrogen and oxygen atoms in total. The average molecular weight is 317 g/mol. The highest BCUT2D eigenvalue weighted by molar-refractivity contribution is 6.83. The fourth-order valence-corrected chi connectivity index (χ4v) is 3.21. The fraction of sp³-hybridized carbons (Fsp3) is 0.556. The number of rotatable bonds is 4. The summed E-state index contributed by atoms with van der Waals surface area (Å²) in [6.45, 7) is 9.48. The maximum atomic E-state index is 9.67. The van der Waals surface area contributed by atoms with Crippen LogP contribution < -0.4 is 5.32 Å². The summed E-state index contributed by atoms with van der Waals surface area (Å²) < 4.78 is 0.